The van der Waals surface area contributed by atoms with Crippen LogP contribution in [-0.2, 0) is 0 Å². The lowest BCUT2D eigenvalue weighted by Crippen LogP contribution is -2.32. The van der Waals surface area contributed by atoms with Gasteiger partial charge in [0.15, 0.2) is 0 Å². The molecule has 0 aliphatic carbocycles. The van der Waals surface area contributed by atoms with Gasteiger partial charge in [-0.2, -0.15) is 4.98 Å². The van der Waals surface area contributed by atoms with Gasteiger partial charge in [0.2, 0.25) is 11.1 Å². The van der Waals surface area contributed by atoms with Crippen molar-refractivity contribution in [3.63, 3.8) is 0 Å². The summed E-state index contributed by atoms with van der Waals surface area (Å²) in [6, 6.07) is 19.7. The van der Waals surface area contributed by atoms with Crippen LogP contribution in [0.25, 0.3) is 5.70 Å². The molecule has 2 aliphatic rings. The molecule has 1 N–H and O–H groups in total. The van der Waals surface area contributed by atoms with E-state index in [1.807, 2.05) is 48.7 Å². The van der Waals surface area contributed by atoms with E-state index >= 15 is 4.39 Å². The van der Waals surface area contributed by atoms with Crippen molar-refractivity contribution in [3.8, 4) is 5.75 Å². The Morgan fingerprint density at radius 1 is 1.12 bits per heavy atom. The predicted octanol–water partition coefficient (Wildman–Crippen LogP) is 7.11. The van der Waals surface area contributed by atoms with E-state index < -0.39 is 12.1 Å². The lowest BCUT2D eigenvalue weighted by Gasteiger charge is -2.39. The van der Waals surface area contributed by atoms with Crippen LogP contribution in [0, 0.1) is 5.82 Å². The molecule has 1 aromatic heterocycles. The minimum atomic E-state index is -0.568. The molecule has 2 unspecified atom stereocenters. The Hall–Kier alpha value is -2.81. The molecule has 2 aliphatic heterocycles. The number of nitrogens with one attached hydrogen (secondary N) is 1. The van der Waals surface area contributed by atoms with Gasteiger partial charge in [0, 0.05) is 26.2 Å². The van der Waals surface area contributed by atoms with Crippen molar-refractivity contribution in [2.45, 2.75) is 17.3 Å². The monoisotopic (exact) mass is 554 g/mol. The Balaban J connectivity index is 1.66. The van der Waals surface area contributed by atoms with Gasteiger partial charge in [-0.3, -0.25) is 0 Å². The number of aromatic nitrogens is 3. The lowest BCUT2D eigenvalue weighted by molar-refractivity contribution is 0.222. The van der Waals surface area contributed by atoms with Gasteiger partial charge in [0.1, 0.15) is 23.7 Å². The Kier molecular flexibility index (Phi) is 5.39. The Morgan fingerprint density at radius 3 is 2.68 bits per heavy atom. The second-order valence-corrected chi connectivity index (χ2v) is 10.1. The number of rotatable bonds is 3. The van der Waals surface area contributed by atoms with Gasteiger partial charge in [0.05, 0.1) is 5.70 Å². The first-order chi connectivity index (χ1) is 16.5. The summed E-state index contributed by atoms with van der Waals surface area (Å²) in [4.78, 5) is 4.64. The molecular weight excluding hydrogens is 539 g/mol. The maximum absolute atomic E-state index is 15.3. The third-order valence-electron chi connectivity index (χ3n) is 5.97. The van der Waals surface area contributed by atoms with E-state index in [1.54, 1.807) is 22.9 Å². The van der Waals surface area contributed by atoms with Crippen molar-refractivity contribution < 1.29 is 9.13 Å². The molecule has 0 spiro atoms. The van der Waals surface area contributed by atoms with Gasteiger partial charge in [-0.1, -0.05) is 69.6 Å². The maximum atomic E-state index is 15.3. The fraction of sp³-hybridized carbons (Fsp3) is 0.120. The van der Waals surface area contributed by atoms with E-state index in [0.29, 0.717) is 27.4 Å². The minimum Gasteiger partial charge on any atom is -0.480 e. The zero-order valence-corrected chi connectivity index (χ0v) is 21.0. The quantitative estimate of drug-likeness (QED) is 0.273. The molecule has 9 heteroatoms. The van der Waals surface area contributed by atoms with Crippen LogP contribution in [0.2, 0.25) is 5.02 Å². The molecule has 0 bridgehead atoms. The summed E-state index contributed by atoms with van der Waals surface area (Å²) < 4.78 is 24.5. The van der Waals surface area contributed by atoms with Crippen molar-refractivity contribution in [1.29, 1.82) is 0 Å². The van der Waals surface area contributed by atoms with Crippen LogP contribution in [0.1, 0.15) is 28.8 Å². The fourth-order valence-electron chi connectivity index (χ4n) is 4.48. The zero-order valence-electron chi connectivity index (χ0n) is 17.8. The van der Waals surface area contributed by atoms with Crippen LogP contribution >= 0.6 is 39.3 Å². The normalized spacial score (nSPS) is 18.5. The third kappa shape index (κ3) is 3.52. The zero-order chi connectivity index (χ0) is 23.4. The number of fused-ring (bicyclic) bond motifs is 3. The molecule has 4 aromatic rings. The minimum absolute atomic E-state index is 0.320. The van der Waals surface area contributed by atoms with Crippen LogP contribution in [0.4, 0.5) is 10.3 Å². The highest BCUT2D eigenvalue weighted by atomic mass is 79.9. The Morgan fingerprint density at radius 2 is 1.91 bits per heavy atom. The van der Waals surface area contributed by atoms with E-state index in [9.17, 15) is 0 Å². The van der Waals surface area contributed by atoms with Crippen LogP contribution in [-0.4, -0.2) is 21.0 Å². The number of anilines is 1. The van der Waals surface area contributed by atoms with E-state index in [4.69, 9.17) is 21.4 Å². The number of hydrogen-bond acceptors (Lipinski definition) is 5. The molecular formula is C25H17BrClFN4OS. The van der Waals surface area contributed by atoms with E-state index in [2.05, 4.69) is 26.2 Å². The van der Waals surface area contributed by atoms with Crippen molar-refractivity contribution in [1.82, 2.24) is 14.8 Å². The first kappa shape index (κ1) is 21.7. The number of nitrogens with zero attached hydrogens (tertiary/aromatic N) is 3. The summed E-state index contributed by atoms with van der Waals surface area (Å²) in [5, 5.41) is 9.32. The molecule has 3 aromatic carbocycles. The van der Waals surface area contributed by atoms with Gasteiger partial charge in [-0.15, -0.1) is 5.10 Å². The standard InChI is InChI=1S/C25H17BrClFN4OS/c1-34-25-30-24-29-21-17-12-15(27)10-11-19(17)33-23(13-6-8-14(26)9-7-13)20(21)22(32(24)31-25)16-4-2-3-5-18(16)28/h2-12,22-23H,1H3,(H,29,30,31). The van der Waals surface area contributed by atoms with E-state index in [0.717, 1.165) is 26.9 Å². The Labute approximate surface area is 213 Å². The second-order valence-electron chi connectivity index (χ2n) is 7.94. The van der Waals surface area contributed by atoms with Gasteiger partial charge < -0.3 is 10.1 Å². The molecule has 0 saturated heterocycles. The molecule has 0 amide bonds. The van der Waals surface area contributed by atoms with Crippen LogP contribution in [0.3, 0.4) is 0 Å². The summed E-state index contributed by atoms with van der Waals surface area (Å²) in [5.41, 5.74) is 3.88. The molecule has 0 fully saturated rings. The number of benzene rings is 3. The molecule has 5 nitrogen and oxygen atoms in total. The number of halogens is 3. The SMILES string of the molecule is CSc1nc2n(n1)C(c1ccccc1F)C1=C(N2)c2cc(Cl)ccc2OC1c1ccc(Br)cc1. The lowest BCUT2D eigenvalue weighted by atomic mass is 9.84. The van der Waals surface area contributed by atoms with Crippen molar-refractivity contribution in [3.05, 3.63) is 104 Å². The van der Waals surface area contributed by atoms with Crippen molar-refractivity contribution in [2.75, 3.05) is 11.6 Å². The second kappa shape index (κ2) is 8.45. The predicted molar refractivity (Wildman–Crippen MR) is 136 cm³/mol. The smallest absolute Gasteiger partial charge is 0.227 e. The summed E-state index contributed by atoms with van der Waals surface area (Å²) in [5.74, 6) is 0.910. The summed E-state index contributed by atoms with van der Waals surface area (Å²) in [6.45, 7) is 0. The highest BCUT2D eigenvalue weighted by Gasteiger charge is 2.42. The highest BCUT2D eigenvalue weighted by Crippen LogP contribution is 2.51. The molecule has 3 heterocycles. The molecule has 0 saturated carbocycles. The molecule has 170 valence electrons. The summed E-state index contributed by atoms with van der Waals surface area (Å²) in [6.07, 6.45) is 1.43. The number of ether oxygens (including phenoxy) is 1. The first-order valence-corrected chi connectivity index (χ1v) is 12.9. The van der Waals surface area contributed by atoms with Gasteiger partial charge in [0.25, 0.3) is 0 Å². The number of hydrogen-bond donors (Lipinski definition) is 1. The first-order valence-electron chi connectivity index (χ1n) is 10.5. The third-order valence-corrected chi connectivity index (χ3v) is 7.27. The number of thioether (sulfide) groups is 1. The topological polar surface area (TPSA) is 52.0 Å². The van der Waals surface area contributed by atoms with Gasteiger partial charge in [-0.05, 0) is 48.2 Å². The van der Waals surface area contributed by atoms with E-state index in [-0.39, 0.29) is 5.82 Å². The maximum Gasteiger partial charge on any atom is 0.227 e. The summed E-state index contributed by atoms with van der Waals surface area (Å²) in [7, 11) is 0. The van der Waals surface area contributed by atoms with Crippen LogP contribution in [0.5, 0.6) is 5.75 Å². The molecule has 6 rings (SSSR count). The van der Waals surface area contributed by atoms with Crippen molar-refractivity contribution in [2.24, 2.45) is 0 Å². The highest BCUT2D eigenvalue weighted by molar-refractivity contribution is 9.10. The van der Waals surface area contributed by atoms with Gasteiger partial charge >= 0.3 is 0 Å². The average Bonchev–Trinajstić information content (AvgIpc) is 3.26. The average molecular weight is 556 g/mol. The molecule has 2 atom stereocenters. The van der Waals surface area contributed by atoms with Gasteiger partial charge in [-0.25, -0.2) is 9.07 Å². The van der Waals surface area contributed by atoms with Crippen molar-refractivity contribution >= 4 is 50.9 Å². The molecule has 0 radical (unpaired) electrons. The van der Waals surface area contributed by atoms with Crippen LogP contribution < -0.4 is 10.1 Å². The Bertz CT molecular complexity index is 1460. The van der Waals surface area contributed by atoms with Crippen LogP contribution in [0.15, 0.2) is 81.9 Å². The van der Waals surface area contributed by atoms with E-state index in [1.165, 1.54) is 17.8 Å². The fourth-order valence-corrected chi connectivity index (χ4v) is 5.26. The largest absolute Gasteiger partial charge is 0.480 e. The molecule has 34 heavy (non-hydrogen) atoms. The summed E-state index contributed by atoms with van der Waals surface area (Å²) >= 11 is 11.3.